The Hall–Kier alpha value is -1.32. The van der Waals surface area contributed by atoms with Crippen molar-refractivity contribution in [1.82, 2.24) is 15.1 Å². The Morgan fingerprint density at radius 1 is 1.53 bits per heavy atom. The van der Waals surface area contributed by atoms with Crippen LogP contribution in [0.1, 0.15) is 48.7 Å². The molecule has 0 bridgehead atoms. The highest BCUT2D eigenvalue weighted by molar-refractivity contribution is 5.95. The van der Waals surface area contributed by atoms with Crippen LogP contribution in [-0.4, -0.2) is 34.1 Å². The molecule has 1 aliphatic heterocycles. The fourth-order valence-electron chi connectivity index (χ4n) is 2.57. The lowest BCUT2D eigenvalue weighted by Gasteiger charge is -2.31. The number of hydrogen-bond donors (Lipinski definition) is 1. The molecule has 0 aliphatic carbocycles. The first-order valence-electron chi connectivity index (χ1n) is 6.51. The van der Waals surface area contributed by atoms with Crippen molar-refractivity contribution in [2.45, 2.75) is 39.5 Å². The summed E-state index contributed by atoms with van der Waals surface area (Å²) in [6, 6.07) is 0. The Balaban J connectivity index is 1.93. The van der Waals surface area contributed by atoms with E-state index in [9.17, 15) is 4.79 Å². The van der Waals surface area contributed by atoms with E-state index in [0.29, 0.717) is 0 Å². The molecule has 1 saturated heterocycles. The van der Waals surface area contributed by atoms with Gasteiger partial charge in [-0.25, -0.2) is 0 Å². The first-order chi connectivity index (χ1) is 8.22. The molecule has 0 aromatic carbocycles. The van der Waals surface area contributed by atoms with Gasteiger partial charge in [-0.2, -0.15) is 5.10 Å². The number of rotatable bonds is 3. The second-order valence-electron chi connectivity index (χ2n) is 4.93. The van der Waals surface area contributed by atoms with Gasteiger partial charge in [0.15, 0.2) is 0 Å². The monoisotopic (exact) mass is 235 g/mol. The van der Waals surface area contributed by atoms with Crippen molar-refractivity contribution >= 4 is 5.91 Å². The number of nitrogens with zero attached hydrogens (tertiary/aromatic N) is 2. The Bertz CT molecular complexity index is 378. The third-order valence-electron chi connectivity index (χ3n) is 3.66. The molecule has 1 aromatic heterocycles. The fraction of sp³-hybridized carbons (Fsp3) is 0.692. The van der Waals surface area contributed by atoms with Gasteiger partial charge >= 0.3 is 0 Å². The Labute approximate surface area is 102 Å². The molecule has 0 spiro atoms. The number of hydrogen-bond acceptors (Lipinski definition) is 2. The van der Waals surface area contributed by atoms with Crippen LogP contribution in [0.2, 0.25) is 0 Å². The van der Waals surface area contributed by atoms with Crippen LogP contribution >= 0.6 is 0 Å². The van der Waals surface area contributed by atoms with Crippen molar-refractivity contribution in [3.8, 4) is 0 Å². The highest BCUT2D eigenvalue weighted by Gasteiger charge is 2.24. The zero-order chi connectivity index (χ0) is 12.3. The molecule has 2 heterocycles. The number of piperidine rings is 1. The molecule has 17 heavy (non-hydrogen) atoms. The SMILES string of the molecule is CCCC1CCN(C(=O)c2cn[nH]c2C)CC1. The van der Waals surface area contributed by atoms with E-state index < -0.39 is 0 Å². The van der Waals surface area contributed by atoms with Crippen molar-refractivity contribution in [2.75, 3.05) is 13.1 Å². The van der Waals surface area contributed by atoms with Gasteiger partial charge in [0.05, 0.1) is 11.8 Å². The number of nitrogens with one attached hydrogen (secondary N) is 1. The number of aromatic nitrogens is 2. The fourth-order valence-corrected chi connectivity index (χ4v) is 2.57. The minimum atomic E-state index is 0.131. The number of carbonyl (C=O) groups excluding carboxylic acids is 1. The minimum Gasteiger partial charge on any atom is -0.339 e. The number of H-pyrrole nitrogens is 1. The smallest absolute Gasteiger partial charge is 0.257 e. The molecule has 0 saturated carbocycles. The van der Waals surface area contributed by atoms with Gasteiger partial charge in [0.25, 0.3) is 5.91 Å². The lowest BCUT2D eigenvalue weighted by atomic mass is 9.92. The van der Waals surface area contributed by atoms with E-state index in [1.54, 1.807) is 6.20 Å². The summed E-state index contributed by atoms with van der Waals surface area (Å²) >= 11 is 0. The summed E-state index contributed by atoms with van der Waals surface area (Å²) in [7, 11) is 0. The van der Waals surface area contributed by atoms with Gasteiger partial charge in [0, 0.05) is 18.8 Å². The standard InChI is InChI=1S/C13H21N3O/c1-3-4-11-5-7-16(8-6-11)13(17)12-9-14-15-10(12)2/h9,11H,3-8H2,1-2H3,(H,14,15). The van der Waals surface area contributed by atoms with Gasteiger partial charge in [-0.15, -0.1) is 0 Å². The van der Waals surface area contributed by atoms with Crippen LogP contribution in [0.25, 0.3) is 0 Å². The number of amides is 1. The summed E-state index contributed by atoms with van der Waals surface area (Å²) in [5.41, 5.74) is 1.59. The Morgan fingerprint density at radius 3 is 2.76 bits per heavy atom. The summed E-state index contributed by atoms with van der Waals surface area (Å²) in [5, 5.41) is 6.73. The molecule has 2 rings (SSSR count). The molecule has 4 nitrogen and oxygen atoms in total. The molecule has 1 aliphatic rings. The molecule has 0 atom stereocenters. The number of likely N-dealkylation sites (tertiary alicyclic amines) is 1. The Morgan fingerprint density at radius 2 is 2.24 bits per heavy atom. The third-order valence-corrected chi connectivity index (χ3v) is 3.66. The van der Waals surface area contributed by atoms with Crippen LogP contribution < -0.4 is 0 Å². The third kappa shape index (κ3) is 2.68. The molecule has 1 N–H and O–H groups in total. The van der Waals surface area contributed by atoms with Crippen LogP contribution in [0.15, 0.2) is 6.20 Å². The van der Waals surface area contributed by atoms with Crippen LogP contribution in [0.4, 0.5) is 0 Å². The molecular formula is C13H21N3O. The normalized spacial score (nSPS) is 17.4. The topological polar surface area (TPSA) is 49.0 Å². The lowest BCUT2D eigenvalue weighted by molar-refractivity contribution is 0.0686. The highest BCUT2D eigenvalue weighted by atomic mass is 16.2. The van der Waals surface area contributed by atoms with Crippen LogP contribution in [0.3, 0.4) is 0 Å². The molecule has 4 heteroatoms. The van der Waals surface area contributed by atoms with Crippen molar-refractivity contribution in [1.29, 1.82) is 0 Å². The van der Waals surface area contributed by atoms with E-state index in [2.05, 4.69) is 17.1 Å². The summed E-state index contributed by atoms with van der Waals surface area (Å²) in [5.74, 6) is 0.945. The van der Waals surface area contributed by atoms with E-state index in [0.717, 1.165) is 43.1 Å². The molecule has 0 radical (unpaired) electrons. The largest absolute Gasteiger partial charge is 0.339 e. The molecule has 94 valence electrons. The van der Waals surface area contributed by atoms with E-state index in [4.69, 9.17) is 0 Å². The average molecular weight is 235 g/mol. The minimum absolute atomic E-state index is 0.131. The first kappa shape index (κ1) is 12.1. The van der Waals surface area contributed by atoms with Gasteiger partial charge < -0.3 is 4.90 Å². The van der Waals surface area contributed by atoms with Gasteiger partial charge in [-0.05, 0) is 25.7 Å². The number of carbonyl (C=O) groups is 1. The van der Waals surface area contributed by atoms with Crippen LogP contribution in [0, 0.1) is 12.8 Å². The first-order valence-corrected chi connectivity index (χ1v) is 6.51. The summed E-state index contributed by atoms with van der Waals surface area (Å²) in [4.78, 5) is 14.2. The zero-order valence-corrected chi connectivity index (χ0v) is 10.7. The van der Waals surface area contributed by atoms with Crippen molar-refractivity contribution < 1.29 is 4.79 Å². The van der Waals surface area contributed by atoms with Crippen LogP contribution in [0.5, 0.6) is 0 Å². The molecule has 0 unspecified atom stereocenters. The van der Waals surface area contributed by atoms with E-state index in [-0.39, 0.29) is 5.91 Å². The molecule has 1 amide bonds. The van der Waals surface area contributed by atoms with E-state index in [1.807, 2.05) is 11.8 Å². The second-order valence-corrected chi connectivity index (χ2v) is 4.93. The number of aromatic amines is 1. The van der Waals surface area contributed by atoms with Gasteiger partial charge in [0.2, 0.25) is 0 Å². The predicted octanol–water partition coefficient (Wildman–Crippen LogP) is 2.37. The molecule has 1 aromatic rings. The van der Waals surface area contributed by atoms with Crippen molar-refractivity contribution in [3.63, 3.8) is 0 Å². The zero-order valence-electron chi connectivity index (χ0n) is 10.7. The van der Waals surface area contributed by atoms with Crippen LogP contribution in [-0.2, 0) is 0 Å². The summed E-state index contributed by atoms with van der Waals surface area (Å²) < 4.78 is 0. The van der Waals surface area contributed by atoms with Crippen molar-refractivity contribution in [3.05, 3.63) is 17.5 Å². The molecule has 1 fully saturated rings. The lowest BCUT2D eigenvalue weighted by Crippen LogP contribution is -2.38. The average Bonchev–Trinajstić information content (AvgIpc) is 2.76. The van der Waals surface area contributed by atoms with E-state index in [1.165, 1.54) is 12.8 Å². The van der Waals surface area contributed by atoms with Gasteiger partial charge in [-0.3, -0.25) is 9.89 Å². The maximum absolute atomic E-state index is 12.2. The maximum atomic E-state index is 12.2. The summed E-state index contributed by atoms with van der Waals surface area (Å²) in [6.45, 7) is 5.92. The van der Waals surface area contributed by atoms with Gasteiger partial charge in [-0.1, -0.05) is 19.8 Å². The highest BCUT2D eigenvalue weighted by Crippen LogP contribution is 2.23. The quantitative estimate of drug-likeness (QED) is 0.874. The predicted molar refractivity (Wildman–Crippen MR) is 66.9 cm³/mol. The number of aryl methyl sites for hydroxylation is 1. The Kier molecular flexibility index (Phi) is 3.82. The van der Waals surface area contributed by atoms with Gasteiger partial charge in [0.1, 0.15) is 0 Å². The maximum Gasteiger partial charge on any atom is 0.257 e. The van der Waals surface area contributed by atoms with Crippen molar-refractivity contribution in [2.24, 2.45) is 5.92 Å². The summed E-state index contributed by atoms with van der Waals surface area (Å²) in [6.07, 6.45) is 6.48. The molecular weight excluding hydrogens is 214 g/mol. The van der Waals surface area contributed by atoms with E-state index >= 15 is 0 Å². The second kappa shape index (κ2) is 5.34.